The topological polar surface area (TPSA) is 46.6 Å². The van der Waals surface area contributed by atoms with Crippen molar-refractivity contribution in [3.05, 3.63) is 0 Å². The van der Waals surface area contributed by atoms with Crippen LogP contribution in [-0.4, -0.2) is 37.0 Å². The number of nitrogens with zero attached hydrogens (tertiary/aromatic N) is 1. The number of carbonyl (C=O) groups excluding carboxylic acids is 2. The summed E-state index contributed by atoms with van der Waals surface area (Å²) in [7, 11) is 1.67. The summed E-state index contributed by atoms with van der Waals surface area (Å²) in [4.78, 5) is 23.2. The minimum Gasteiger partial charge on any atom is -0.456 e. The van der Waals surface area contributed by atoms with Gasteiger partial charge in [-0.3, -0.25) is 9.59 Å². The molecule has 0 heterocycles. The summed E-state index contributed by atoms with van der Waals surface area (Å²) in [6.45, 7) is 4.04. The lowest BCUT2D eigenvalue weighted by Crippen LogP contribution is -2.30. The molecule has 0 spiro atoms. The summed E-state index contributed by atoms with van der Waals surface area (Å²) < 4.78 is 4.65. The molecule has 0 radical (unpaired) electrons. The van der Waals surface area contributed by atoms with Crippen LogP contribution < -0.4 is 0 Å². The molecule has 70 valence electrons. The first-order valence-electron chi connectivity index (χ1n) is 4.01. The largest absolute Gasteiger partial charge is 0.456 e. The van der Waals surface area contributed by atoms with Crippen LogP contribution in [0.5, 0.6) is 0 Å². The molecule has 0 aromatic carbocycles. The lowest BCUT2D eigenvalue weighted by Gasteiger charge is -2.13. The van der Waals surface area contributed by atoms with E-state index in [1.165, 1.54) is 4.90 Å². The molecule has 0 rings (SSSR count). The van der Waals surface area contributed by atoms with Gasteiger partial charge in [0.05, 0.1) is 0 Å². The molecule has 1 amide bonds. The second-order valence-electron chi connectivity index (χ2n) is 2.42. The molecule has 0 aliphatic carbocycles. The van der Waals surface area contributed by atoms with Gasteiger partial charge in [0.15, 0.2) is 6.61 Å². The van der Waals surface area contributed by atoms with E-state index in [2.05, 4.69) is 4.74 Å². The van der Waals surface area contributed by atoms with Gasteiger partial charge in [-0.25, -0.2) is 0 Å². The normalized spacial score (nSPS) is 9.25. The van der Waals surface area contributed by atoms with Crippen LogP contribution >= 0.6 is 0 Å². The maximum atomic E-state index is 11.0. The molecule has 0 fully saturated rings. The summed E-state index contributed by atoms with van der Waals surface area (Å²) in [6, 6.07) is 0. The molecule has 0 saturated carbocycles. The quantitative estimate of drug-likeness (QED) is 0.579. The first-order chi connectivity index (χ1) is 5.61. The fourth-order valence-corrected chi connectivity index (χ4v) is 0.531. The molecule has 0 aromatic rings. The number of hydrogen-bond donors (Lipinski definition) is 0. The number of hydrogen-bond acceptors (Lipinski definition) is 3. The second kappa shape index (κ2) is 5.57. The van der Waals surface area contributed by atoms with E-state index >= 15 is 0 Å². The van der Waals surface area contributed by atoms with E-state index in [0.717, 1.165) is 0 Å². The fourth-order valence-electron chi connectivity index (χ4n) is 0.531. The van der Waals surface area contributed by atoms with Crippen LogP contribution in [0.4, 0.5) is 0 Å². The Bertz CT molecular complexity index is 168. The maximum Gasteiger partial charge on any atom is 0.306 e. The molecular formula is C8H15NO3. The van der Waals surface area contributed by atoms with Crippen LogP contribution in [0.25, 0.3) is 0 Å². The predicted octanol–water partition coefficient (Wildman–Crippen LogP) is 0.418. The first-order valence-corrected chi connectivity index (χ1v) is 4.01. The Hall–Kier alpha value is -1.06. The number of ether oxygens (including phenoxy) is 1. The van der Waals surface area contributed by atoms with Crippen molar-refractivity contribution in [1.82, 2.24) is 4.90 Å². The highest BCUT2D eigenvalue weighted by Gasteiger charge is 2.08. The van der Waals surface area contributed by atoms with Crippen molar-refractivity contribution < 1.29 is 14.3 Å². The average Bonchev–Trinajstić information content (AvgIpc) is 2.11. The molecule has 4 heteroatoms. The fraction of sp³-hybridized carbons (Fsp3) is 0.750. The SMILES string of the molecule is CCC(=O)OCC(=O)N(C)CC. The van der Waals surface area contributed by atoms with Gasteiger partial charge in [0, 0.05) is 20.0 Å². The van der Waals surface area contributed by atoms with Gasteiger partial charge >= 0.3 is 5.97 Å². The van der Waals surface area contributed by atoms with E-state index < -0.39 is 0 Å². The molecule has 0 saturated heterocycles. The number of amides is 1. The van der Waals surface area contributed by atoms with Crippen LogP contribution in [0, 0.1) is 0 Å². The second-order valence-corrected chi connectivity index (χ2v) is 2.42. The van der Waals surface area contributed by atoms with Crippen LogP contribution in [0.1, 0.15) is 20.3 Å². The molecule has 4 nitrogen and oxygen atoms in total. The van der Waals surface area contributed by atoms with Gasteiger partial charge in [0.1, 0.15) is 0 Å². The van der Waals surface area contributed by atoms with Crippen molar-refractivity contribution in [2.45, 2.75) is 20.3 Å². The molecule has 0 atom stereocenters. The molecule has 12 heavy (non-hydrogen) atoms. The van der Waals surface area contributed by atoms with Crippen LogP contribution in [-0.2, 0) is 14.3 Å². The van der Waals surface area contributed by atoms with Crippen molar-refractivity contribution >= 4 is 11.9 Å². The monoisotopic (exact) mass is 173 g/mol. The van der Waals surface area contributed by atoms with E-state index in [1.807, 2.05) is 6.92 Å². The van der Waals surface area contributed by atoms with Crippen molar-refractivity contribution in [3.63, 3.8) is 0 Å². The number of rotatable bonds is 4. The zero-order valence-corrected chi connectivity index (χ0v) is 7.79. The summed E-state index contributed by atoms with van der Waals surface area (Å²) in [5, 5.41) is 0. The lowest BCUT2D eigenvalue weighted by atomic mass is 10.5. The predicted molar refractivity (Wildman–Crippen MR) is 44.6 cm³/mol. The summed E-state index contributed by atoms with van der Waals surface area (Å²) >= 11 is 0. The van der Waals surface area contributed by atoms with Gasteiger partial charge in [0.25, 0.3) is 5.91 Å². The number of likely N-dealkylation sites (N-methyl/N-ethyl adjacent to an activating group) is 1. The van der Waals surface area contributed by atoms with E-state index in [-0.39, 0.29) is 18.5 Å². The van der Waals surface area contributed by atoms with Gasteiger partial charge < -0.3 is 9.64 Å². The van der Waals surface area contributed by atoms with Crippen molar-refractivity contribution in [2.75, 3.05) is 20.2 Å². The zero-order valence-electron chi connectivity index (χ0n) is 7.79. The third-order valence-corrected chi connectivity index (χ3v) is 1.55. The van der Waals surface area contributed by atoms with Gasteiger partial charge in [-0.15, -0.1) is 0 Å². The smallest absolute Gasteiger partial charge is 0.306 e. The van der Waals surface area contributed by atoms with E-state index in [4.69, 9.17) is 0 Å². The molecule has 0 bridgehead atoms. The molecule has 0 aliphatic heterocycles. The molecule has 0 aliphatic rings. The Balaban J connectivity index is 3.64. The van der Waals surface area contributed by atoms with E-state index in [1.54, 1.807) is 14.0 Å². The average molecular weight is 173 g/mol. The Kier molecular flexibility index (Phi) is 5.08. The molecule has 0 unspecified atom stereocenters. The van der Waals surface area contributed by atoms with Crippen molar-refractivity contribution in [3.8, 4) is 0 Å². The Morgan fingerprint density at radius 1 is 1.33 bits per heavy atom. The number of carbonyl (C=O) groups is 2. The minimum atomic E-state index is -0.340. The zero-order chi connectivity index (χ0) is 9.56. The Morgan fingerprint density at radius 3 is 2.33 bits per heavy atom. The van der Waals surface area contributed by atoms with Crippen molar-refractivity contribution in [1.29, 1.82) is 0 Å². The van der Waals surface area contributed by atoms with E-state index in [9.17, 15) is 9.59 Å². The van der Waals surface area contributed by atoms with Crippen LogP contribution in [0.2, 0.25) is 0 Å². The summed E-state index contributed by atoms with van der Waals surface area (Å²) in [5.74, 6) is -0.507. The first kappa shape index (κ1) is 10.9. The van der Waals surface area contributed by atoms with Gasteiger partial charge in [-0.2, -0.15) is 0 Å². The third kappa shape index (κ3) is 3.95. The standard InChI is InChI=1S/C8H15NO3/c1-4-8(11)12-6-7(10)9(3)5-2/h4-6H2,1-3H3. The highest BCUT2D eigenvalue weighted by Crippen LogP contribution is 1.88. The Labute approximate surface area is 72.5 Å². The van der Waals surface area contributed by atoms with Gasteiger partial charge in [-0.1, -0.05) is 6.92 Å². The summed E-state index contributed by atoms with van der Waals surface area (Å²) in [5.41, 5.74) is 0. The summed E-state index contributed by atoms with van der Waals surface area (Å²) in [6.07, 6.45) is 0.309. The molecule has 0 aromatic heterocycles. The third-order valence-electron chi connectivity index (χ3n) is 1.55. The highest BCUT2D eigenvalue weighted by atomic mass is 16.5. The molecular weight excluding hydrogens is 158 g/mol. The van der Waals surface area contributed by atoms with Crippen LogP contribution in [0.15, 0.2) is 0 Å². The van der Waals surface area contributed by atoms with Crippen LogP contribution in [0.3, 0.4) is 0 Å². The van der Waals surface area contributed by atoms with E-state index in [0.29, 0.717) is 13.0 Å². The minimum absolute atomic E-state index is 0.142. The maximum absolute atomic E-state index is 11.0. The van der Waals surface area contributed by atoms with Gasteiger partial charge in [0.2, 0.25) is 0 Å². The van der Waals surface area contributed by atoms with Crippen molar-refractivity contribution in [2.24, 2.45) is 0 Å². The van der Waals surface area contributed by atoms with Gasteiger partial charge in [-0.05, 0) is 6.92 Å². The molecule has 0 N–H and O–H groups in total. The lowest BCUT2D eigenvalue weighted by molar-refractivity contribution is -0.151. The highest BCUT2D eigenvalue weighted by molar-refractivity contribution is 5.80. The number of esters is 1. The Morgan fingerprint density at radius 2 is 1.92 bits per heavy atom.